The van der Waals surface area contributed by atoms with E-state index in [4.69, 9.17) is 0 Å². The van der Waals surface area contributed by atoms with Crippen molar-refractivity contribution in [2.75, 3.05) is 13.6 Å². The Morgan fingerprint density at radius 1 is 1.14 bits per heavy atom. The molecule has 6 nitrogen and oxygen atoms in total. The van der Waals surface area contributed by atoms with E-state index in [1.165, 1.54) is 17.0 Å². The highest BCUT2D eigenvalue weighted by Crippen LogP contribution is 2.32. The van der Waals surface area contributed by atoms with Gasteiger partial charge < -0.3 is 10.2 Å². The van der Waals surface area contributed by atoms with E-state index in [1.54, 1.807) is 50.4 Å². The smallest absolute Gasteiger partial charge is 0.325 e. The zero-order valence-corrected chi connectivity index (χ0v) is 16.7. The number of benzene rings is 2. The van der Waals surface area contributed by atoms with Crippen molar-refractivity contribution in [3.63, 3.8) is 0 Å². The average molecular weight is 397 g/mol. The van der Waals surface area contributed by atoms with Gasteiger partial charge in [-0.2, -0.15) is 0 Å². The van der Waals surface area contributed by atoms with E-state index in [0.717, 1.165) is 10.5 Å². The standard InChI is InChI=1S/C22H24FN3O3/c1-4-22(17-8-6-5-7-9-17)20(28)26(21(29)24-22)14-19(27)25(3)15(2)16-10-12-18(23)13-11-16/h5-13,15H,4,14H2,1-3H3,(H,24,29). The molecule has 1 aliphatic heterocycles. The van der Waals surface area contributed by atoms with Crippen LogP contribution >= 0.6 is 0 Å². The molecule has 4 amide bonds. The normalized spacial score (nSPS) is 19.8. The molecule has 0 aromatic heterocycles. The Morgan fingerprint density at radius 3 is 2.34 bits per heavy atom. The molecule has 1 N–H and O–H groups in total. The number of rotatable bonds is 6. The van der Waals surface area contributed by atoms with Crippen LogP contribution in [0.5, 0.6) is 0 Å². The van der Waals surface area contributed by atoms with Crippen molar-refractivity contribution >= 4 is 17.8 Å². The fourth-order valence-corrected chi connectivity index (χ4v) is 3.56. The summed E-state index contributed by atoms with van der Waals surface area (Å²) in [6, 6.07) is 14.0. The first kappa shape index (κ1) is 20.5. The van der Waals surface area contributed by atoms with Crippen LogP contribution in [-0.2, 0) is 15.1 Å². The summed E-state index contributed by atoms with van der Waals surface area (Å²) in [7, 11) is 1.60. The van der Waals surface area contributed by atoms with Crippen molar-refractivity contribution in [1.82, 2.24) is 15.1 Å². The van der Waals surface area contributed by atoms with Crippen molar-refractivity contribution < 1.29 is 18.8 Å². The molecule has 1 heterocycles. The van der Waals surface area contributed by atoms with Crippen LogP contribution in [0.3, 0.4) is 0 Å². The van der Waals surface area contributed by atoms with E-state index >= 15 is 0 Å². The van der Waals surface area contributed by atoms with Gasteiger partial charge in [-0.1, -0.05) is 49.4 Å². The number of carbonyl (C=O) groups excluding carboxylic acids is 3. The quantitative estimate of drug-likeness (QED) is 0.761. The fraction of sp³-hybridized carbons (Fsp3) is 0.318. The first-order valence-corrected chi connectivity index (χ1v) is 9.51. The van der Waals surface area contributed by atoms with Crippen LogP contribution in [0.4, 0.5) is 9.18 Å². The lowest BCUT2D eigenvalue weighted by molar-refractivity contribution is -0.139. The Balaban J connectivity index is 1.77. The first-order chi connectivity index (χ1) is 13.8. The second kappa shape index (κ2) is 8.03. The van der Waals surface area contributed by atoms with Gasteiger partial charge in [0.1, 0.15) is 17.9 Å². The van der Waals surface area contributed by atoms with Gasteiger partial charge in [0, 0.05) is 7.05 Å². The SMILES string of the molecule is CCC1(c2ccccc2)NC(=O)N(CC(=O)N(C)C(C)c2ccc(F)cc2)C1=O. The summed E-state index contributed by atoms with van der Waals surface area (Å²) >= 11 is 0. The summed E-state index contributed by atoms with van der Waals surface area (Å²) in [5.74, 6) is -1.18. The minimum Gasteiger partial charge on any atom is -0.337 e. The maximum atomic E-state index is 13.1. The minimum absolute atomic E-state index is 0.339. The third kappa shape index (κ3) is 3.72. The van der Waals surface area contributed by atoms with Crippen LogP contribution in [0.2, 0.25) is 0 Å². The van der Waals surface area contributed by atoms with Crippen LogP contribution in [0.1, 0.15) is 37.4 Å². The minimum atomic E-state index is -1.17. The van der Waals surface area contributed by atoms with Crippen LogP contribution in [0, 0.1) is 5.82 Å². The number of halogens is 1. The third-order valence-corrected chi connectivity index (χ3v) is 5.59. The molecule has 1 aliphatic rings. The van der Waals surface area contributed by atoms with Crippen molar-refractivity contribution in [3.05, 3.63) is 71.5 Å². The van der Waals surface area contributed by atoms with E-state index in [0.29, 0.717) is 12.0 Å². The Kier molecular flexibility index (Phi) is 5.68. The number of hydrogen-bond acceptors (Lipinski definition) is 3. The van der Waals surface area contributed by atoms with Gasteiger partial charge in [-0.05, 0) is 36.6 Å². The van der Waals surface area contributed by atoms with Crippen molar-refractivity contribution in [2.45, 2.75) is 31.8 Å². The van der Waals surface area contributed by atoms with E-state index in [1.807, 2.05) is 13.0 Å². The number of nitrogens with one attached hydrogen (secondary N) is 1. The fourth-order valence-electron chi connectivity index (χ4n) is 3.56. The van der Waals surface area contributed by atoms with Gasteiger partial charge in [0.25, 0.3) is 5.91 Å². The van der Waals surface area contributed by atoms with Crippen molar-refractivity contribution in [3.8, 4) is 0 Å². The molecule has 152 valence electrons. The Bertz CT molecular complexity index is 917. The van der Waals surface area contributed by atoms with Gasteiger partial charge in [0.2, 0.25) is 5.91 Å². The zero-order chi connectivity index (χ0) is 21.2. The van der Waals surface area contributed by atoms with Crippen molar-refractivity contribution in [2.24, 2.45) is 0 Å². The van der Waals surface area contributed by atoms with Gasteiger partial charge in [0.05, 0.1) is 6.04 Å². The van der Waals surface area contributed by atoms with Gasteiger partial charge in [-0.3, -0.25) is 14.5 Å². The Morgan fingerprint density at radius 2 is 1.76 bits per heavy atom. The van der Waals surface area contributed by atoms with Crippen LogP contribution in [-0.4, -0.2) is 41.2 Å². The maximum Gasteiger partial charge on any atom is 0.325 e. The molecule has 0 bridgehead atoms. The second-order valence-corrected chi connectivity index (χ2v) is 7.18. The molecule has 2 unspecified atom stereocenters. The number of amides is 4. The molecular formula is C22H24FN3O3. The lowest BCUT2D eigenvalue weighted by atomic mass is 9.87. The molecule has 0 spiro atoms. The maximum absolute atomic E-state index is 13.1. The predicted octanol–water partition coefficient (Wildman–Crippen LogP) is 3.20. The number of imide groups is 1. The summed E-state index contributed by atoms with van der Waals surface area (Å²) < 4.78 is 13.1. The highest BCUT2D eigenvalue weighted by molar-refractivity contribution is 6.09. The molecule has 2 aromatic rings. The average Bonchev–Trinajstić information content (AvgIpc) is 2.99. The highest BCUT2D eigenvalue weighted by Gasteiger charge is 2.51. The molecule has 1 saturated heterocycles. The number of carbonyl (C=O) groups is 3. The van der Waals surface area contributed by atoms with Crippen molar-refractivity contribution in [1.29, 1.82) is 0 Å². The summed E-state index contributed by atoms with van der Waals surface area (Å²) in [6.07, 6.45) is 0.369. The summed E-state index contributed by atoms with van der Waals surface area (Å²) in [4.78, 5) is 40.9. The topological polar surface area (TPSA) is 69.7 Å². The first-order valence-electron chi connectivity index (χ1n) is 9.51. The van der Waals surface area contributed by atoms with Gasteiger partial charge >= 0.3 is 6.03 Å². The van der Waals surface area contributed by atoms with E-state index < -0.39 is 17.5 Å². The zero-order valence-electron chi connectivity index (χ0n) is 16.7. The van der Waals surface area contributed by atoms with Gasteiger partial charge in [-0.25, -0.2) is 9.18 Å². The number of hydrogen-bond donors (Lipinski definition) is 1. The number of urea groups is 1. The van der Waals surface area contributed by atoms with E-state index in [2.05, 4.69) is 5.32 Å². The number of nitrogens with zero attached hydrogens (tertiary/aromatic N) is 2. The highest BCUT2D eigenvalue weighted by atomic mass is 19.1. The molecule has 29 heavy (non-hydrogen) atoms. The summed E-state index contributed by atoms with van der Waals surface area (Å²) in [5, 5.41) is 2.77. The molecule has 0 aliphatic carbocycles. The molecule has 2 aromatic carbocycles. The third-order valence-electron chi connectivity index (χ3n) is 5.59. The van der Waals surface area contributed by atoms with Crippen LogP contribution in [0.15, 0.2) is 54.6 Å². The molecule has 0 radical (unpaired) electrons. The molecule has 0 saturated carbocycles. The molecule has 2 atom stereocenters. The van der Waals surface area contributed by atoms with E-state index in [-0.39, 0.29) is 24.3 Å². The molecule has 7 heteroatoms. The lowest BCUT2D eigenvalue weighted by Crippen LogP contribution is -2.45. The largest absolute Gasteiger partial charge is 0.337 e. The van der Waals surface area contributed by atoms with Gasteiger partial charge in [-0.15, -0.1) is 0 Å². The monoisotopic (exact) mass is 397 g/mol. The Labute approximate surface area is 169 Å². The molecular weight excluding hydrogens is 373 g/mol. The van der Waals surface area contributed by atoms with Crippen LogP contribution < -0.4 is 5.32 Å². The molecule has 3 rings (SSSR count). The van der Waals surface area contributed by atoms with E-state index in [9.17, 15) is 18.8 Å². The summed E-state index contributed by atoms with van der Waals surface area (Å²) in [6.45, 7) is 3.26. The molecule has 1 fully saturated rings. The lowest BCUT2D eigenvalue weighted by Gasteiger charge is -2.28. The summed E-state index contributed by atoms with van der Waals surface area (Å²) in [5.41, 5.74) is 0.273. The number of likely N-dealkylation sites (N-methyl/N-ethyl adjacent to an activating group) is 1. The van der Waals surface area contributed by atoms with Crippen LogP contribution in [0.25, 0.3) is 0 Å². The second-order valence-electron chi connectivity index (χ2n) is 7.18. The Hall–Kier alpha value is -3.22. The predicted molar refractivity (Wildman–Crippen MR) is 106 cm³/mol. The van der Waals surface area contributed by atoms with Gasteiger partial charge in [0.15, 0.2) is 0 Å².